The van der Waals surface area contributed by atoms with Crippen molar-refractivity contribution in [1.82, 2.24) is 19.9 Å². The van der Waals surface area contributed by atoms with E-state index in [4.69, 9.17) is 0 Å². The van der Waals surface area contributed by atoms with E-state index >= 15 is 0 Å². The summed E-state index contributed by atoms with van der Waals surface area (Å²) in [4.78, 5) is 39.7. The van der Waals surface area contributed by atoms with Gasteiger partial charge in [-0.25, -0.2) is 15.0 Å². The second kappa shape index (κ2) is 6.87. The Kier molecular flexibility index (Phi) is 4.44. The van der Waals surface area contributed by atoms with Crippen LogP contribution in [0.3, 0.4) is 0 Å². The Hall–Kier alpha value is -2.35. The van der Waals surface area contributed by atoms with Crippen LogP contribution in [0.4, 0.5) is 5.13 Å². The molecule has 1 saturated carbocycles. The number of likely N-dealkylation sites (tertiary alicyclic amines) is 1. The molecule has 1 saturated heterocycles. The zero-order valence-corrected chi connectivity index (χ0v) is 14.5. The maximum atomic E-state index is 12.8. The van der Waals surface area contributed by atoms with E-state index in [0.717, 1.165) is 31.5 Å². The summed E-state index contributed by atoms with van der Waals surface area (Å²) in [6.07, 6.45) is 7.09. The predicted octanol–water partition coefficient (Wildman–Crippen LogP) is 2.30. The summed E-state index contributed by atoms with van der Waals surface area (Å²) in [5.41, 5.74) is 0.429. The van der Waals surface area contributed by atoms with Crippen molar-refractivity contribution in [2.24, 2.45) is 5.92 Å². The number of aromatic nitrogens is 3. The lowest BCUT2D eigenvalue weighted by molar-refractivity contribution is -0.121. The number of carbonyl (C=O) groups excluding carboxylic acids is 2. The standard InChI is InChI=1S/C17H19N5O2S/c23-15(21-17-19-7-9-25-17)12-2-1-8-22(10-12)16(24)13-5-6-18-14(20-13)11-3-4-11/h5-7,9,11-12H,1-4,8,10H2,(H,19,21,23)/t12-/m1/s1. The Morgan fingerprint density at radius 3 is 2.84 bits per heavy atom. The van der Waals surface area contributed by atoms with E-state index in [0.29, 0.717) is 29.8 Å². The van der Waals surface area contributed by atoms with Gasteiger partial charge in [-0.15, -0.1) is 11.3 Å². The molecule has 7 nitrogen and oxygen atoms in total. The molecule has 0 radical (unpaired) electrons. The van der Waals surface area contributed by atoms with Crippen LogP contribution in [0.5, 0.6) is 0 Å². The summed E-state index contributed by atoms with van der Waals surface area (Å²) in [7, 11) is 0. The van der Waals surface area contributed by atoms with Gasteiger partial charge in [0.15, 0.2) is 5.13 Å². The molecule has 1 aliphatic carbocycles. The maximum absolute atomic E-state index is 12.8. The number of thiazole rings is 1. The second-order valence-electron chi connectivity index (χ2n) is 6.49. The lowest BCUT2D eigenvalue weighted by Crippen LogP contribution is -2.44. The largest absolute Gasteiger partial charge is 0.337 e. The first-order valence-electron chi connectivity index (χ1n) is 8.53. The maximum Gasteiger partial charge on any atom is 0.272 e. The van der Waals surface area contributed by atoms with E-state index in [-0.39, 0.29) is 17.7 Å². The summed E-state index contributed by atoms with van der Waals surface area (Å²) in [5, 5.41) is 5.24. The summed E-state index contributed by atoms with van der Waals surface area (Å²) in [6.45, 7) is 1.07. The molecule has 3 heterocycles. The van der Waals surface area contributed by atoms with Gasteiger partial charge in [0.25, 0.3) is 5.91 Å². The number of hydrogen-bond donors (Lipinski definition) is 1. The first-order chi connectivity index (χ1) is 12.2. The number of amides is 2. The van der Waals surface area contributed by atoms with E-state index in [1.54, 1.807) is 23.4 Å². The highest BCUT2D eigenvalue weighted by atomic mass is 32.1. The molecule has 0 unspecified atom stereocenters. The average Bonchev–Trinajstić information content (AvgIpc) is 3.39. The van der Waals surface area contributed by atoms with Crippen molar-refractivity contribution in [3.8, 4) is 0 Å². The zero-order valence-electron chi connectivity index (χ0n) is 13.7. The van der Waals surface area contributed by atoms with Gasteiger partial charge in [-0.1, -0.05) is 0 Å². The molecular formula is C17H19N5O2S. The van der Waals surface area contributed by atoms with Crippen LogP contribution in [-0.2, 0) is 4.79 Å². The van der Waals surface area contributed by atoms with E-state index in [1.165, 1.54) is 11.3 Å². The molecule has 8 heteroatoms. The topological polar surface area (TPSA) is 88.1 Å². The number of nitrogens with zero attached hydrogens (tertiary/aromatic N) is 4. The molecule has 0 spiro atoms. The number of carbonyl (C=O) groups is 2. The van der Waals surface area contributed by atoms with Crippen LogP contribution in [0, 0.1) is 5.92 Å². The van der Waals surface area contributed by atoms with E-state index < -0.39 is 0 Å². The molecule has 2 fully saturated rings. The Labute approximate surface area is 149 Å². The molecule has 1 atom stereocenters. The van der Waals surface area contributed by atoms with Gasteiger partial charge in [-0.05, 0) is 31.7 Å². The highest BCUT2D eigenvalue weighted by molar-refractivity contribution is 7.13. The lowest BCUT2D eigenvalue weighted by atomic mass is 9.97. The third-order valence-electron chi connectivity index (χ3n) is 4.58. The van der Waals surface area contributed by atoms with Gasteiger partial charge in [0, 0.05) is 36.8 Å². The van der Waals surface area contributed by atoms with Crippen LogP contribution in [-0.4, -0.2) is 44.8 Å². The van der Waals surface area contributed by atoms with Gasteiger partial charge in [-0.3, -0.25) is 9.59 Å². The van der Waals surface area contributed by atoms with Crippen molar-refractivity contribution >= 4 is 28.3 Å². The van der Waals surface area contributed by atoms with E-state index in [1.807, 2.05) is 5.38 Å². The SMILES string of the molecule is O=C(Nc1nccs1)[C@@H]1CCCN(C(=O)c2ccnc(C3CC3)n2)C1. The van der Waals surface area contributed by atoms with Crippen LogP contribution in [0.15, 0.2) is 23.8 Å². The van der Waals surface area contributed by atoms with Crippen molar-refractivity contribution in [3.63, 3.8) is 0 Å². The van der Waals surface area contributed by atoms with Gasteiger partial charge in [0.1, 0.15) is 11.5 Å². The van der Waals surface area contributed by atoms with Crippen molar-refractivity contribution in [2.45, 2.75) is 31.6 Å². The summed E-state index contributed by atoms with van der Waals surface area (Å²) < 4.78 is 0. The van der Waals surface area contributed by atoms with Gasteiger partial charge >= 0.3 is 0 Å². The lowest BCUT2D eigenvalue weighted by Gasteiger charge is -2.31. The second-order valence-corrected chi connectivity index (χ2v) is 7.39. The Bertz CT molecular complexity index is 775. The third-order valence-corrected chi connectivity index (χ3v) is 5.27. The smallest absolute Gasteiger partial charge is 0.272 e. The molecule has 4 rings (SSSR count). The van der Waals surface area contributed by atoms with Crippen LogP contribution in [0.1, 0.15) is 47.9 Å². The highest BCUT2D eigenvalue weighted by Gasteiger charge is 2.31. The van der Waals surface area contributed by atoms with Gasteiger partial charge < -0.3 is 10.2 Å². The first-order valence-corrected chi connectivity index (χ1v) is 9.41. The van der Waals surface area contributed by atoms with Crippen LogP contribution in [0.25, 0.3) is 0 Å². The van der Waals surface area contributed by atoms with Crippen LogP contribution < -0.4 is 5.32 Å². The molecule has 2 aromatic heterocycles. The zero-order chi connectivity index (χ0) is 17.2. The summed E-state index contributed by atoms with van der Waals surface area (Å²) >= 11 is 1.39. The van der Waals surface area contributed by atoms with Crippen molar-refractivity contribution < 1.29 is 9.59 Å². The number of hydrogen-bond acceptors (Lipinski definition) is 6. The molecular weight excluding hydrogens is 338 g/mol. The molecule has 0 bridgehead atoms. The summed E-state index contributed by atoms with van der Waals surface area (Å²) in [6, 6.07) is 1.66. The minimum atomic E-state index is -0.216. The fourth-order valence-corrected chi connectivity index (χ4v) is 3.59. The molecule has 1 N–H and O–H groups in total. The van der Waals surface area contributed by atoms with Gasteiger partial charge in [-0.2, -0.15) is 0 Å². The molecule has 0 aromatic carbocycles. The number of nitrogens with one attached hydrogen (secondary N) is 1. The van der Waals surface area contributed by atoms with E-state index in [2.05, 4.69) is 20.3 Å². The minimum Gasteiger partial charge on any atom is -0.337 e. The highest BCUT2D eigenvalue weighted by Crippen LogP contribution is 2.37. The van der Waals surface area contributed by atoms with Crippen molar-refractivity contribution in [1.29, 1.82) is 0 Å². The number of piperidine rings is 1. The summed E-state index contributed by atoms with van der Waals surface area (Å²) in [5.74, 6) is 0.767. The Morgan fingerprint density at radius 2 is 2.08 bits per heavy atom. The number of rotatable bonds is 4. The molecule has 130 valence electrons. The number of anilines is 1. The normalized spacial score (nSPS) is 20.3. The molecule has 1 aliphatic heterocycles. The van der Waals surface area contributed by atoms with Crippen molar-refractivity contribution in [2.75, 3.05) is 18.4 Å². The Balaban J connectivity index is 1.42. The molecule has 2 amide bonds. The fraction of sp³-hybridized carbons (Fsp3) is 0.471. The van der Waals surface area contributed by atoms with Gasteiger partial charge in [0.2, 0.25) is 5.91 Å². The Morgan fingerprint density at radius 1 is 1.20 bits per heavy atom. The van der Waals surface area contributed by atoms with E-state index in [9.17, 15) is 9.59 Å². The minimum absolute atomic E-state index is 0.0752. The molecule has 2 aromatic rings. The quantitative estimate of drug-likeness (QED) is 0.907. The molecule has 25 heavy (non-hydrogen) atoms. The third kappa shape index (κ3) is 3.68. The van der Waals surface area contributed by atoms with Gasteiger partial charge in [0.05, 0.1) is 5.92 Å². The first kappa shape index (κ1) is 16.1. The fourth-order valence-electron chi connectivity index (χ4n) is 3.06. The van der Waals surface area contributed by atoms with Crippen molar-refractivity contribution in [3.05, 3.63) is 35.4 Å². The monoisotopic (exact) mass is 357 g/mol. The average molecular weight is 357 g/mol. The van der Waals surface area contributed by atoms with Crippen LogP contribution >= 0.6 is 11.3 Å². The van der Waals surface area contributed by atoms with Crippen LogP contribution in [0.2, 0.25) is 0 Å². The predicted molar refractivity (Wildman–Crippen MR) is 93.4 cm³/mol. The molecule has 2 aliphatic rings.